The van der Waals surface area contributed by atoms with Crippen LogP contribution in [-0.4, -0.2) is 16.2 Å². The van der Waals surface area contributed by atoms with Crippen molar-refractivity contribution in [3.8, 4) is 5.75 Å². The van der Waals surface area contributed by atoms with Gasteiger partial charge in [-0.2, -0.15) is 0 Å². The maximum Gasteiger partial charge on any atom is 0.303 e. The number of benzene rings is 1. The van der Waals surface area contributed by atoms with Gasteiger partial charge in [0.1, 0.15) is 5.75 Å². The predicted molar refractivity (Wildman–Crippen MR) is 118 cm³/mol. The quantitative estimate of drug-likeness (QED) is 0.412. The maximum absolute atomic E-state index is 11.0. The molecule has 1 aromatic carbocycles. The number of aromatic hydroxyl groups is 1. The fraction of sp³-hybridized carbons (Fsp3) is 0.720. The van der Waals surface area contributed by atoms with Gasteiger partial charge < -0.3 is 10.2 Å². The minimum atomic E-state index is -0.711. The molecule has 0 spiro atoms. The fourth-order valence-corrected chi connectivity index (χ4v) is 3.82. The topological polar surface area (TPSA) is 57.5 Å². The van der Waals surface area contributed by atoms with E-state index in [0.29, 0.717) is 11.7 Å². The highest BCUT2D eigenvalue weighted by molar-refractivity contribution is 5.66. The summed E-state index contributed by atoms with van der Waals surface area (Å²) in [6, 6.07) is 4.41. The van der Waals surface area contributed by atoms with E-state index >= 15 is 0 Å². The van der Waals surface area contributed by atoms with E-state index in [1.165, 1.54) is 24.8 Å². The molecule has 160 valence electrons. The van der Waals surface area contributed by atoms with E-state index in [2.05, 4.69) is 60.6 Å². The van der Waals surface area contributed by atoms with Crippen LogP contribution in [0.3, 0.4) is 0 Å². The van der Waals surface area contributed by atoms with Crippen LogP contribution in [0.5, 0.6) is 5.75 Å². The van der Waals surface area contributed by atoms with Gasteiger partial charge in [0.15, 0.2) is 0 Å². The Morgan fingerprint density at radius 2 is 1.36 bits per heavy atom. The molecule has 1 unspecified atom stereocenters. The standard InChI is InChI=1S/C25H42O3/c1-8-9-10-13-18(14-11-12-15-22(26)27)19-16-20(24(2,3)4)23(28)21(17-19)25(5,6)7/h16-18,28H,8-15H2,1-7H3,(H,26,27). The van der Waals surface area contributed by atoms with Crippen LogP contribution in [0.1, 0.15) is 122 Å². The fourth-order valence-electron chi connectivity index (χ4n) is 3.82. The second-order valence-electron chi connectivity index (χ2n) is 10.3. The first-order valence-corrected chi connectivity index (χ1v) is 11.0. The van der Waals surface area contributed by atoms with Gasteiger partial charge in [-0.25, -0.2) is 0 Å². The van der Waals surface area contributed by atoms with Crippen LogP contribution in [0, 0.1) is 0 Å². The molecule has 1 aromatic rings. The van der Waals surface area contributed by atoms with Gasteiger partial charge >= 0.3 is 5.97 Å². The molecule has 0 saturated carbocycles. The molecule has 2 N–H and O–H groups in total. The van der Waals surface area contributed by atoms with Crippen LogP contribution in [0.25, 0.3) is 0 Å². The van der Waals surface area contributed by atoms with Gasteiger partial charge in [-0.15, -0.1) is 0 Å². The number of unbranched alkanes of at least 4 members (excludes halogenated alkanes) is 3. The Labute approximate surface area is 172 Å². The summed E-state index contributed by atoms with van der Waals surface area (Å²) < 4.78 is 0. The van der Waals surface area contributed by atoms with Crippen molar-refractivity contribution < 1.29 is 15.0 Å². The zero-order valence-corrected chi connectivity index (χ0v) is 19.2. The number of hydrogen-bond acceptors (Lipinski definition) is 2. The summed E-state index contributed by atoms with van der Waals surface area (Å²) in [4.78, 5) is 10.8. The van der Waals surface area contributed by atoms with Gasteiger partial charge in [-0.05, 0) is 52.7 Å². The van der Waals surface area contributed by atoms with Crippen molar-refractivity contribution in [2.24, 2.45) is 0 Å². The van der Waals surface area contributed by atoms with E-state index in [1.54, 1.807) is 0 Å². The molecule has 0 radical (unpaired) electrons. The first kappa shape index (κ1) is 24.5. The number of carboxylic acids is 1. The molecule has 0 saturated heterocycles. The molecule has 0 fully saturated rings. The summed E-state index contributed by atoms with van der Waals surface area (Å²) in [5.41, 5.74) is 3.08. The largest absolute Gasteiger partial charge is 0.507 e. The van der Waals surface area contributed by atoms with Crippen molar-refractivity contribution in [2.45, 2.75) is 117 Å². The van der Waals surface area contributed by atoms with E-state index in [-0.39, 0.29) is 17.3 Å². The zero-order chi connectivity index (χ0) is 21.5. The Balaban J connectivity index is 3.26. The van der Waals surface area contributed by atoms with Crippen LogP contribution in [0.4, 0.5) is 0 Å². The molecular weight excluding hydrogens is 348 g/mol. The average molecular weight is 391 g/mol. The van der Waals surface area contributed by atoms with Crippen LogP contribution in [0.2, 0.25) is 0 Å². The lowest BCUT2D eigenvalue weighted by atomic mass is 9.76. The lowest BCUT2D eigenvalue weighted by molar-refractivity contribution is -0.137. The number of phenols is 1. The third kappa shape index (κ3) is 7.48. The third-order valence-electron chi connectivity index (χ3n) is 5.57. The number of hydrogen-bond donors (Lipinski definition) is 2. The van der Waals surface area contributed by atoms with Crippen molar-refractivity contribution >= 4 is 5.97 Å². The molecule has 0 amide bonds. The molecule has 0 aliphatic heterocycles. The lowest BCUT2D eigenvalue weighted by Crippen LogP contribution is -2.18. The van der Waals surface area contributed by atoms with Crippen molar-refractivity contribution in [1.29, 1.82) is 0 Å². The highest BCUT2D eigenvalue weighted by Crippen LogP contribution is 2.42. The Hall–Kier alpha value is -1.51. The van der Waals surface area contributed by atoms with Crippen LogP contribution in [-0.2, 0) is 15.6 Å². The summed E-state index contributed by atoms with van der Waals surface area (Å²) in [6.45, 7) is 15.1. The molecule has 0 aromatic heterocycles. The molecule has 0 aliphatic carbocycles. The molecule has 1 atom stereocenters. The average Bonchev–Trinajstić information content (AvgIpc) is 2.55. The van der Waals surface area contributed by atoms with Crippen LogP contribution in [0.15, 0.2) is 12.1 Å². The number of carboxylic acid groups (broad SMARTS) is 1. The maximum atomic E-state index is 11.0. The zero-order valence-electron chi connectivity index (χ0n) is 19.2. The summed E-state index contributed by atoms with van der Waals surface area (Å²) in [5, 5.41) is 19.9. The number of carbonyl (C=O) groups is 1. The Bertz CT molecular complexity index is 597. The molecule has 28 heavy (non-hydrogen) atoms. The normalized spacial score (nSPS) is 13.5. The Morgan fingerprint density at radius 1 is 0.893 bits per heavy atom. The molecular formula is C25H42O3. The Morgan fingerprint density at radius 3 is 1.75 bits per heavy atom. The highest BCUT2D eigenvalue weighted by Gasteiger charge is 2.28. The monoisotopic (exact) mass is 390 g/mol. The predicted octanol–water partition coefficient (Wildman–Crippen LogP) is 7.30. The van der Waals surface area contributed by atoms with E-state index < -0.39 is 5.97 Å². The van der Waals surface area contributed by atoms with Crippen LogP contribution >= 0.6 is 0 Å². The van der Waals surface area contributed by atoms with Gasteiger partial charge in [-0.3, -0.25) is 4.79 Å². The summed E-state index contributed by atoms with van der Waals surface area (Å²) >= 11 is 0. The van der Waals surface area contributed by atoms with E-state index in [0.717, 1.165) is 36.8 Å². The lowest BCUT2D eigenvalue weighted by Gasteiger charge is -2.30. The van der Waals surface area contributed by atoms with Crippen molar-refractivity contribution in [3.05, 3.63) is 28.8 Å². The number of aliphatic carboxylic acids is 1. The van der Waals surface area contributed by atoms with Gasteiger partial charge in [-0.1, -0.05) is 86.3 Å². The molecule has 3 nitrogen and oxygen atoms in total. The van der Waals surface area contributed by atoms with E-state index in [4.69, 9.17) is 5.11 Å². The SMILES string of the molecule is CCCCCC(CCCCC(=O)O)c1cc(C(C)(C)C)c(O)c(C(C)(C)C)c1. The van der Waals surface area contributed by atoms with Crippen LogP contribution < -0.4 is 0 Å². The second-order valence-corrected chi connectivity index (χ2v) is 10.3. The molecule has 0 bridgehead atoms. The first-order valence-electron chi connectivity index (χ1n) is 11.0. The summed E-state index contributed by atoms with van der Waals surface area (Å²) in [6.07, 6.45) is 7.65. The third-order valence-corrected chi connectivity index (χ3v) is 5.57. The second kappa shape index (κ2) is 10.3. The first-order chi connectivity index (χ1) is 12.9. The van der Waals surface area contributed by atoms with Gasteiger partial charge in [0, 0.05) is 6.42 Å². The smallest absolute Gasteiger partial charge is 0.303 e. The number of phenolic OH excluding ortho intramolecular Hbond substituents is 1. The molecule has 3 heteroatoms. The molecule has 1 rings (SSSR count). The van der Waals surface area contributed by atoms with E-state index in [9.17, 15) is 9.90 Å². The highest BCUT2D eigenvalue weighted by atomic mass is 16.4. The van der Waals surface area contributed by atoms with Gasteiger partial charge in [0.05, 0.1) is 0 Å². The molecule has 0 aliphatic rings. The van der Waals surface area contributed by atoms with E-state index in [1.807, 2.05) is 0 Å². The minimum Gasteiger partial charge on any atom is -0.507 e. The number of rotatable bonds is 10. The van der Waals surface area contributed by atoms with Gasteiger partial charge in [0.25, 0.3) is 0 Å². The van der Waals surface area contributed by atoms with Gasteiger partial charge in [0.2, 0.25) is 0 Å². The van der Waals surface area contributed by atoms with Crippen molar-refractivity contribution in [2.75, 3.05) is 0 Å². The minimum absolute atomic E-state index is 0.128. The summed E-state index contributed by atoms with van der Waals surface area (Å²) in [7, 11) is 0. The molecule has 0 heterocycles. The van der Waals surface area contributed by atoms with Crippen molar-refractivity contribution in [3.63, 3.8) is 0 Å². The Kier molecular flexibility index (Phi) is 9.04. The summed E-state index contributed by atoms with van der Waals surface area (Å²) in [5.74, 6) is 0.141. The van der Waals surface area contributed by atoms with Crippen molar-refractivity contribution in [1.82, 2.24) is 0 Å².